The van der Waals surface area contributed by atoms with E-state index in [1.807, 2.05) is 43.3 Å². The van der Waals surface area contributed by atoms with E-state index in [0.717, 1.165) is 46.2 Å². The highest BCUT2D eigenvalue weighted by Gasteiger charge is 2.26. The molecule has 4 N–H and O–H groups in total. The Bertz CT molecular complexity index is 1230. The van der Waals surface area contributed by atoms with Crippen molar-refractivity contribution in [2.75, 3.05) is 7.11 Å². The number of pyridine rings is 1. The number of aromatic nitrogens is 1. The highest BCUT2D eigenvalue weighted by atomic mass is 16.5. The van der Waals surface area contributed by atoms with Crippen LogP contribution in [0.2, 0.25) is 0 Å². The molecule has 0 saturated carbocycles. The van der Waals surface area contributed by atoms with Crippen molar-refractivity contribution >= 4 is 22.6 Å². The number of nitrogens with two attached hydrogens (primary N) is 1. The molecule has 0 fully saturated rings. The minimum absolute atomic E-state index is 0.0853. The number of ether oxygens (including phenoxy) is 1. The predicted molar refractivity (Wildman–Crippen MR) is 118 cm³/mol. The number of aryl methyl sites for hydroxylation is 1. The van der Waals surface area contributed by atoms with E-state index >= 15 is 0 Å². The number of carbonyl (C=O) groups excluding carboxylic acids is 2. The maximum absolute atomic E-state index is 13.0. The van der Waals surface area contributed by atoms with E-state index < -0.39 is 11.5 Å². The van der Waals surface area contributed by atoms with Crippen LogP contribution in [0.5, 0.6) is 5.75 Å². The average molecular weight is 419 g/mol. The molecule has 7 heteroatoms. The van der Waals surface area contributed by atoms with Crippen LogP contribution in [-0.4, -0.2) is 23.9 Å². The summed E-state index contributed by atoms with van der Waals surface area (Å²) in [7, 11) is 1.63. The summed E-state index contributed by atoms with van der Waals surface area (Å²) in [4.78, 5) is 39.4. The van der Waals surface area contributed by atoms with Crippen LogP contribution in [0.1, 0.15) is 58.9 Å². The van der Waals surface area contributed by atoms with Gasteiger partial charge < -0.3 is 20.8 Å². The number of carbonyl (C=O) groups is 2. The summed E-state index contributed by atoms with van der Waals surface area (Å²) >= 11 is 0. The van der Waals surface area contributed by atoms with Gasteiger partial charge in [0.2, 0.25) is 5.91 Å². The second-order valence-electron chi connectivity index (χ2n) is 7.96. The number of amides is 2. The van der Waals surface area contributed by atoms with E-state index in [0.29, 0.717) is 6.42 Å². The number of nitrogens with one attached hydrogen (secondary N) is 2. The zero-order valence-corrected chi connectivity index (χ0v) is 17.5. The van der Waals surface area contributed by atoms with Gasteiger partial charge in [-0.3, -0.25) is 14.4 Å². The van der Waals surface area contributed by atoms with Gasteiger partial charge in [0.1, 0.15) is 11.3 Å². The monoisotopic (exact) mass is 419 g/mol. The third-order valence-corrected chi connectivity index (χ3v) is 6.00. The number of aromatic amines is 1. The first-order valence-corrected chi connectivity index (χ1v) is 10.3. The summed E-state index contributed by atoms with van der Waals surface area (Å²) in [6.45, 7) is 1.87. The lowest BCUT2D eigenvalue weighted by atomic mass is 9.89. The van der Waals surface area contributed by atoms with Gasteiger partial charge in [-0.05, 0) is 66.3 Å². The van der Waals surface area contributed by atoms with E-state index in [9.17, 15) is 14.4 Å². The molecule has 1 aliphatic rings. The molecular weight excluding hydrogens is 394 g/mol. The molecule has 0 spiro atoms. The Morgan fingerprint density at radius 3 is 2.65 bits per heavy atom. The number of hydrogen-bond acceptors (Lipinski definition) is 4. The van der Waals surface area contributed by atoms with Gasteiger partial charge in [0.15, 0.2) is 0 Å². The molecule has 2 amide bonds. The fourth-order valence-electron chi connectivity index (χ4n) is 4.16. The molecule has 1 aliphatic carbocycles. The third kappa shape index (κ3) is 4.03. The van der Waals surface area contributed by atoms with Crippen molar-refractivity contribution in [1.82, 2.24) is 10.3 Å². The second-order valence-corrected chi connectivity index (χ2v) is 7.96. The summed E-state index contributed by atoms with van der Waals surface area (Å²) in [5.74, 6) is -0.468. The van der Waals surface area contributed by atoms with Crippen molar-refractivity contribution in [3.63, 3.8) is 0 Å². The van der Waals surface area contributed by atoms with Crippen LogP contribution in [0.25, 0.3) is 10.8 Å². The lowest BCUT2D eigenvalue weighted by Gasteiger charge is -2.27. The second kappa shape index (κ2) is 8.26. The van der Waals surface area contributed by atoms with Gasteiger partial charge in [-0.25, -0.2) is 0 Å². The lowest BCUT2D eigenvalue weighted by Crippen LogP contribution is -2.36. The van der Waals surface area contributed by atoms with Gasteiger partial charge in [-0.15, -0.1) is 0 Å². The number of benzene rings is 2. The van der Waals surface area contributed by atoms with Crippen LogP contribution in [0.15, 0.2) is 47.3 Å². The van der Waals surface area contributed by atoms with Gasteiger partial charge in [-0.1, -0.05) is 24.3 Å². The number of H-pyrrole nitrogens is 1. The third-order valence-electron chi connectivity index (χ3n) is 6.00. The van der Waals surface area contributed by atoms with Crippen molar-refractivity contribution in [3.8, 4) is 5.75 Å². The fraction of sp³-hybridized carbons (Fsp3) is 0.292. The average Bonchev–Trinajstić information content (AvgIpc) is 2.77. The van der Waals surface area contributed by atoms with Crippen LogP contribution >= 0.6 is 0 Å². The molecule has 160 valence electrons. The number of methoxy groups -OCH3 is 1. The molecule has 0 bridgehead atoms. The summed E-state index contributed by atoms with van der Waals surface area (Å²) in [6.07, 6.45) is 2.25. The molecule has 31 heavy (non-hydrogen) atoms. The Balaban J connectivity index is 1.57. The quantitative estimate of drug-likeness (QED) is 0.590. The molecule has 1 aromatic heterocycles. The standard InChI is InChI=1S/C24H25N3O4/c1-13(14-6-7-16-11-17(31-2)9-8-15(16)10-14)23(29)26-20-4-3-5-21-18(20)12-19(22(25)28)24(30)27-21/h6-13,20H,3-5H2,1-2H3,(H2,25,28)(H,26,29)(H,27,30)/t13-,20?/m0/s1. The molecule has 4 rings (SSSR count). The van der Waals surface area contributed by atoms with Crippen LogP contribution in [0.4, 0.5) is 0 Å². The van der Waals surface area contributed by atoms with Crippen LogP contribution < -0.4 is 21.3 Å². The summed E-state index contributed by atoms with van der Waals surface area (Å²) in [5, 5.41) is 5.17. The predicted octanol–water partition coefficient (Wildman–Crippen LogP) is 2.93. The molecule has 2 atom stereocenters. The van der Waals surface area contributed by atoms with Crippen LogP contribution in [0.3, 0.4) is 0 Å². The van der Waals surface area contributed by atoms with Gasteiger partial charge >= 0.3 is 0 Å². The van der Waals surface area contributed by atoms with Gasteiger partial charge in [0.05, 0.1) is 19.1 Å². The number of fused-ring (bicyclic) bond motifs is 2. The largest absolute Gasteiger partial charge is 0.497 e. The molecular formula is C24H25N3O4. The highest BCUT2D eigenvalue weighted by molar-refractivity contribution is 5.93. The van der Waals surface area contributed by atoms with E-state index in [-0.39, 0.29) is 23.4 Å². The molecule has 1 unspecified atom stereocenters. The normalized spacial score (nSPS) is 16.4. The minimum Gasteiger partial charge on any atom is -0.497 e. The number of hydrogen-bond donors (Lipinski definition) is 3. The van der Waals surface area contributed by atoms with E-state index in [2.05, 4.69) is 10.3 Å². The van der Waals surface area contributed by atoms with Crippen LogP contribution in [-0.2, 0) is 11.2 Å². The van der Waals surface area contributed by atoms with Crippen molar-refractivity contribution in [2.45, 2.75) is 38.1 Å². The van der Waals surface area contributed by atoms with Crippen molar-refractivity contribution in [1.29, 1.82) is 0 Å². The zero-order valence-electron chi connectivity index (χ0n) is 17.5. The first-order chi connectivity index (χ1) is 14.9. The van der Waals surface area contributed by atoms with E-state index in [4.69, 9.17) is 10.5 Å². The Morgan fingerprint density at radius 1 is 1.16 bits per heavy atom. The van der Waals surface area contributed by atoms with Gasteiger partial charge in [-0.2, -0.15) is 0 Å². The van der Waals surface area contributed by atoms with E-state index in [1.54, 1.807) is 7.11 Å². The smallest absolute Gasteiger partial charge is 0.261 e. The van der Waals surface area contributed by atoms with Crippen molar-refractivity contribution in [2.24, 2.45) is 5.73 Å². The molecule has 0 aliphatic heterocycles. The maximum Gasteiger partial charge on any atom is 0.261 e. The molecule has 0 saturated heterocycles. The lowest BCUT2D eigenvalue weighted by molar-refractivity contribution is -0.123. The molecule has 7 nitrogen and oxygen atoms in total. The zero-order chi connectivity index (χ0) is 22.1. The Kier molecular flexibility index (Phi) is 5.50. The Morgan fingerprint density at radius 2 is 1.90 bits per heavy atom. The van der Waals surface area contributed by atoms with Crippen molar-refractivity contribution in [3.05, 3.63) is 75.2 Å². The minimum atomic E-state index is -0.777. The van der Waals surface area contributed by atoms with E-state index in [1.165, 1.54) is 6.07 Å². The Labute approximate surface area is 179 Å². The van der Waals surface area contributed by atoms with Crippen LogP contribution in [0, 0.1) is 0 Å². The topological polar surface area (TPSA) is 114 Å². The fourth-order valence-corrected chi connectivity index (χ4v) is 4.16. The first-order valence-electron chi connectivity index (χ1n) is 10.3. The SMILES string of the molecule is COc1ccc2cc([C@H](C)C(=O)NC3CCCc4[nH]c(=O)c(C(N)=O)cc43)ccc2c1. The summed E-state index contributed by atoms with van der Waals surface area (Å²) in [5.41, 5.74) is 7.17. The molecule has 2 aromatic carbocycles. The molecule has 1 heterocycles. The molecule has 3 aromatic rings. The number of primary amides is 1. The summed E-state index contributed by atoms with van der Waals surface area (Å²) in [6, 6.07) is 13.0. The van der Waals surface area contributed by atoms with Crippen molar-refractivity contribution < 1.29 is 14.3 Å². The highest BCUT2D eigenvalue weighted by Crippen LogP contribution is 2.30. The Hall–Kier alpha value is -3.61. The number of rotatable bonds is 5. The van der Waals surface area contributed by atoms with Gasteiger partial charge in [0.25, 0.3) is 11.5 Å². The maximum atomic E-state index is 13.0. The molecule has 0 radical (unpaired) electrons. The summed E-state index contributed by atoms with van der Waals surface area (Å²) < 4.78 is 5.27. The van der Waals surface area contributed by atoms with Gasteiger partial charge in [0, 0.05) is 5.69 Å². The first kappa shape index (κ1) is 20.7.